The van der Waals surface area contributed by atoms with Gasteiger partial charge in [0.1, 0.15) is 0 Å². The molecule has 0 aliphatic heterocycles. The van der Waals surface area contributed by atoms with Gasteiger partial charge in [-0.25, -0.2) is 0 Å². The lowest BCUT2D eigenvalue weighted by atomic mass is 10.0. The van der Waals surface area contributed by atoms with Crippen LogP contribution in [0, 0.1) is 5.92 Å². The van der Waals surface area contributed by atoms with E-state index in [4.69, 9.17) is 11.5 Å². The number of hydrogen-bond donors (Lipinski definition) is 3. The fourth-order valence-corrected chi connectivity index (χ4v) is 1.68. The number of hydrogen-bond acceptors (Lipinski definition) is 4. The smallest absolute Gasteiger partial charge is 0.237 e. The SMILES string of the molecule is CC(C)CC(CNC(=O)C(N)CC(N)=O)N(C)C. The van der Waals surface area contributed by atoms with E-state index in [1.165, 1.54) is 0 Å². The summed E-state index contributed by atoms with van der Waals surface area (Å²) in [6, 6.07) is -0.598. The van der Waals surface area contributed by atoms with Crippen molar-refractivity contribution in [1.82, 2.24) is 10.2 Å². The van der Waals surface area contributed by atoms with Crippen molar-refractivity contribution >= 4 is 11.8 Å². The zero-order valence-electron chi connectivity index (χ0n) is 11.8. The molecule has 0 fully saturated rings. The highest BCUT2D eigenvalue weighted by Gasteiger charge is 2.19. The number of nitrogens with zero attached hydrogens (tertiary/aromatic N) is 1. The number of amides is 2. The molecule has 6 nitrogen and oxygen atoms in total. The van der Waals surface area contributed by atoms with Gasteiger partial charge in [0.05, 0.1) is 12.5 Å². The number of carbonyl (C=O) groups excluding carboxylic acids is 2. The Morgan fingerprint density at radius 2 is 1.83 bits per heavy atom. The van der Waals surface area contributed by atoms with E-state index in [-0.39, 0.29) is 18.4 Å². The first-order chi connectivity index (χ1) is 8.23. The van der Waals surface area contributed by atoms with Crippen LogP contribution in [-0.4, -0.2) is 49.4 Å². The Morgan fingerprint density at radius 1 is 1.28 bits per heavy atom. The van der Waals surface area contributed by atoms with Crippen molar-refractivity contribution in [2.45, 2.75) is 38.8 Å². The predicted octanol–water partition coefficient (Wildman–Crippen LogP) is -0.718. The Balaban J connectivity index is 4.18. The van der Waals surface area contributed by atoms with Gasteiger partial charge < -0.3 is 21.7 Å². The monoisotopic (exact) mass is 258 g/mol. The van der Waals surface area contributed by atoms with Crippen LogP contribution < -0.4 is 16.8 Å². The molecule has 0 aliphatic carbocycles. The lowest BCUT2D eigenvalue weighted by molar-refractivity contribution is -0.126. The van der Waals surface area contributed by atoms with Crippen LogP contribution in [0.4, 0.5) is 0 Å². The van der Waals surface area contributed by atoms with Crippen LogP contribution in [0.5, 0.6) is 0 Å². The predicted molar refractivity (Wildman–Crippen MR) is 71.7 cm³/mol. The van der Waals surface area contributed by atoms with E-state index in [0.29, 0.717) is 12.5 Å². The van der Waals surface area contributed by atoms with Crippen molar-refractivity contribution in [3.05, 3.63) is 0 Å². The highest BCUT2D eigenvalue weighted by atomic mass is 16.2. The van der Waals surface area contributed by atoms with Gasteiger partial charge in [0.15, 0.2) is 0 Å². The molecule has 0 aromatic carbocycles. The summed E-state index contributed by atoms with van der Waals surface area (Å²) in [7, 11) is 3.95. The summed E-state index contributed by atoms with van der Waals surface area (Å²) < 4.78 is 0. The van der Waals surface area contributed by atoms with Gasteiger partial charge in [-0.15, -0.1) is 0 Å². The van der Waals surface area contributed by atoms with Gasteiger partial charge in [-0.3, -0.25) is 9.59 Å². The number of carbonyl (C=O) groups is 2. The lowest BCUT2D eigenvalue weighted by Gasteiger charge is -2.26. The molecule has 0 spiro atoms. The van der Waals surface area contributed by atoms with Crippen molar-refractivity contribution in [3.63, 3.8) is 0 Å². The zero-order valence-corrected chi connectivity index (χ0v) is 11.8. The molecule has 18 heavy (non-hydrogen) atoms. The number of nitrogens with one attached hydrogen (secondary N) is 1. The summed E-state index contributed by atoms with van der Waals surface area (Å²) in [5.41, 5.74) is 10.5. The summed E-state index contributed by atoms with van der Waals surface area (Å²) in [6.07, 6.45) is 0.862. The maximum absolute atomic E-state index is 11.6. The Bertz CT molecular complexity index is 279. The fourth-order valence-electron chi connectivity index (χ4n) is 1.68. The average Bonchev–Trinajstić information content (AvgIpc) is 2.21. The van der Waals surface area contributed by atoms with Crippen molar-refractivity contribution in [2.75, 3.05) is 20.6 Å². The third-order valence-corrected chi connectivity index (χ3v) is 2.74. The van der Waals surface area contributed by atoms with Crippen LogP contribution in [0.2, 0.25) is 0 Å². The largest absolute Gasteiger partial charge is 0.370 e. The number of likely N-dealkylation sites (N-methyl/N-ethyl adjacent to an activating group) is 1. The van der Waals surface area contributed by atoms with Crippen LogP contribution in [0.1, 0.15) is 26.7 Å². The molecule has 0 heterocycles. The summed E-state index contributed by atoms with van der Waals surface area (Å²) in [5.74, 6) is -0.345. The topological polar surface area (TPSA) is 101 Å². The summed E-state index contributed by atoms with van der Waals surface area (Å²) in [5, 5.41) is 2.76. The molecule has 2 atom stereocenters. The molecular formula is C12H26N4O2. The van der Waals surface area contributed by atoms with E-state index in [1.54, 1.807) is 0 Å². The van der Waals surface area contributed by atoms with Crippen LogP contribution >= 0.6 is 0 Å². The molecular weight excluding hydrogens is 232 g/mol. The van der Waals surface area contributed by atoms with E-state index in [9.17, 15) is 9.59 Å². The molecule has 0 aliphatic rings. The van der Waals surface area contributed by atoms with E-state index in [0.717, 1.165) is 6.42 Å². The normalized spacial score (nSPS) is 14.6. The first kappa shape index (κ1) is 16.9. The highest BCUT2D eigenvalue weighted by molar-refractivity contribution is 5.87. The molecule has 0 saturated carbocycles. The highest BCUT2D eigenvalue weighted by Crippen LogP contribution is 2.08. The molecule has 0 aromatic rings. The molecule has 5 N–H and O–H groups in total. The summed E-state index contributed by atoms with van der Waals surface area (Å²) in [4.78, 5) is 24.4. The Kier molecular flexibility index (Phi) is 7.54. The van der Waals surface area contributed by atoms with Crippen LogP contribution in [0.25, 0.3) is 0 Å². The molecule has 0 bridgehead atoms. The second-order valence-corrected chi connectivity index (χ2v) is 5.27. The van der Waals surface area contributed by atoms with E-state index in [2.05, 4.69) is 24.1 Å². The second-order valence-electron chi connectivity index (χ2n) is 5.27. The van der Waals surface area contributed by atoms with Gasteiger partial charge in [-0.1, -0.05) is 13.8 Å². The van der Waals surface area contributed by atoms with Gasteiger partial charge in [0.2, 0.25) is 11.8 Å². The number of primary amides is 1. The third kappa shape index (κ3) is 7.24. The van der Waals surface area contributed by atoms with E-state index in [1.807, 2.05) is 14.1 Å². The number of nitrogens with two attached hydrogens (primary N) is 2. The minimum atomic E-state index is -0.857. The Hall–Kier alpha value is -1.14. The molecule has 2 amide bonds. The van der Waals surface area contributed by atoms with Crippen molar-refractivity contribution < 1.29 is 9.59 Å². The number of rotatable bonds is 8. The van der Waals surface area contributed by atoms with Gasteiger partial charge in [-0.2, -0.15) is 0 Å². The molecule has 6 heteroatoms. The van der Waals surface area contributed by atoms with E-state index >= 15 is 0 Å². The average molecular weight is 258 g/mol. The first-order valence-electron chi connectivity index (χ1n) is 6.22. The van der Waals surface area contributed by atoms with E-state index < -0.39 is 11.9 Å². The Morgan fingerprint density at radius 3 is 2.22 bits per heavy atom. The van der Waals surface area contributed by atoms with Crippen LogP contribution in [0.3, 0.4) is 0 Å². The quantitative estimate of drug-likeness (QED) is 0.535. The minimum Gasteiger partial charge on any atom is -0.370 e. The Labute approximate surface area is 109 Å². The molecule has 2 unspecified atom stereocenters. The maximum Gasteiger partial charge on any atom is 0.237 e. The fraction of sp³-hybridized carbons (Fsp3) is 0.833. The molecule has 0 radical (unpaired) electrons. The summed E-state index contributed by atoms with van der Waals surface area (Å²) >= 11 is 0. The first-order valence-corrected chi connectivity index (χ1v) is 6.22. The maximum atomic E-state index is 11.6. The standard InChI is InChI=1S/C12H26N4O2/c1-8(2)5-9(16(3)4)7-15-12(18)10(13)6-11(14)17/h8-10H,5-7,13H2,1-4H3,(H2,14,17)(H,15,18). The second kappa shape index (κ2) is 8.05. The molecule has 0 saturated heterocycles. The van der Waals surface area contributed by atoms with Crippen molar-refractivity contribution in [1.29, 1.82) is 0 Å². The van der Waals surface area contributed by atoms with Gasteiger partial charge in [0, 0.05) is 12.6 Å². The third-order valence-electron chi connectivity index (χ3n) is 2.74. The molecule has 106 valence electrons. The van der Waals surface area contributed by atoms with Gasteiger partial charge >= 0.3 is 0 Å². The van der Waals surface area contributed by atoms with Gasteiger partial charge in [0.25, 0.3) is 0 Å². The van der Waals surface area contributed by atoms with Crippen molar-refractivity contribution in [2.24, 2.45) is 17.4 Å². The van der Waals surface area contributed by atoms with Crippen LogP contribution in [-0.2, 0) is 9.59 Å². The molecule has 0 aromatic heterocycles. The lowest BCUT2D eigenvalue weighted by Crippen LogP contribution is -2.47. The van der Waals surface area contributed by atoms with Crippen molar-refractivity contribution in [3.8, 4) is 0 Å². The van der Waals surface area contributed by atoms with Gasteiger partial charge in [-0.05, 0) is 26.4 Å². The summed E-state index contributed by atoms with van der Waals surface area (Å²) in [6.45, 7) is 4.80. The zero-order chi connectivity index (χ0) is 14.3. The molecule has 0 rings (SSSR count). The minimum absolute atomic E-state index is 0.122. The van der Waals surface area contributed by atoms with Crippen LogP contribution in [0.15, 0.2) is 0 Å².